The number of aryl methyl sites for hydroxylation is 2. The zero-order chi connectivity index (χ0) is 16.4. The van der Waals surface area contributed by atoms with Crippen LogP contribution < -0.4 is 0 Å². The number of rotatable bonds is 4. The number of nitrogens with zero attached hydrogens (tertiary/aromatic N) is 5. The molecule has 0 N–H and O–H groups in total. The first kappa shape index (κ1) is 14.2. The molecular weight excluding hydrogens is 302 g/mol. The lowest BCUT2D eigenvalue weighted by Gasteiger charge is -1.99. The van der Waals surface area contributed by atoms with Crippen LogP contribution in [-0.4, -0.2) is 19.6 Å². The highest BCUT2D eigenvalue weighted by atomic mass is 16.4. The van der Waals surface area contributed by atoms with E-state index in [0.29, 0.717) is 23.8 Å². The molecule has 0 bridgehead atoms. The molecule has 0 aliphatic rings. The van der Waals surface area contributed by atoms with Crippen LogP contribution in [0.15, 0.2) is 59.4 Å². The Hall–Kier alpha value is -3.46. The second-order valence-electron chi connectivity index (χ2n) is 5.42. The summed E-state index contributed by atoms with van der Waals surface area (Å²) in [6.45, 7) is 0. The van der Waals surface area contributed by atoms with Gasteiger partial charge in [-0.25, -0.2) is 4.98 Å². The predicted octanol–water partition coefficient (Wildman–Crippen LogP) is 3.04. The van der Waals surface area contributed by atoms with Gasteiger partial charge in [0.1, 0.15) is 5.65 Å². The van der Waals surface area contributed by atoms with Gasteiger partial charge in [0.15, 0.2) is 0 Å². The summed E-state index contributed by atoms with van der Waals surface area (Å²) in [5.41, 5.74) is 3.46. The van der Waals surface area contributed by atoms with Crippen LogP contribution in [0.5, 0.6) is 0 Å². The van der Waals surface area contributed by atoms with Crippen molar-refractivity contribution in [3.05, 3.63) is 72.0 Å². The van der Waals surface area contributed by atoms with Gasteiger partial charge in [-0.3, -0.25) is 0 Å². The van der Waals surface area contributed by atoms with E-state index >= 15 is 0 Å². The van der Waals surface area contributed by atoms with Crippen molar-refractivity contribution < 1.29 is 4.42 Å². The van der Waals surface area contributed by atoms with E-state index in [1.54, 1.807) is 12.3 Å². The summed E-state index contributed by atoms with van der Waals surface area (Å²) in [5.74, 6) is 1.07. The van der Waals surface area contributed by atoms with Crippen molar-refractivity contribution in [3.8, 4) is 17.5 Å². The second kappa shape index (κ2) is 5.97. The summed E-state index contributed by atoms with van der Waals surface area (Å²) in [6, 6.07) is 13.5. The minimum Gasteiger partial charge on any atom is -0.421 e. The quantitative estimate of drug-likeness (QED) is 0.578. The van der Waals surface area contributed by atoms with E-state index in [0.717, 1.165) is 23.2 Å². The zero-order valence-electron chi connectivity index (χ0n) is 12.8. The van der Waals surface area contributed by atoms with Gasteiger partial charge in [0, 0.05) is 25.0 Å². The molecule has 0 aliphatic carbocycles. The number of benzene rings is 1. The first-order valence-electron chi connectivity index (χ1n) is 7.56. The SMILES string of the molecule is N#Cc1cccc(CCc2nnc(-c3ccc4nccn4c3)o2)c1. The molecule has 0 aliphatic heterocycles. The van der Waals surface area contributed by atoms with Crippen LogP contribution in [-0.2, 0) is 12.8 Å². The van der Waals surface area contributed by atoms with Crippen LogP contribution in [0.1, 0.15) is 17.0 Å². The molecule has 4 rings (SSSR count). The van der Waals surface area contributed by atoms with E-state index in [1.165, 1.54) is 0 Å². The molecule has 0 fully saturated rings. The Balaban J connectivity index is 1.51. The maximum absolute atomic E-state index is 8.94. The topological polar surface area (TPSA) is 80.0 Å². The standard InChI is InChI=1S/C18H13N5O/c19-11-14-3-1-2-13(10-14)4-7-17-21-22-18(24-17)15-5-6-16-20-8-9-23(16)12-15/h1-3,5-6,8-10,12H,4,7H2. The molecule has 1 aromatic carbocycles. The molecule has 0 atom stereocenters. The average Bonchev–Trinajstić information content (AvgIpc) is 3.28. The maximum atomic E-state index is 8.94. The number of pyridine rings is 1. The Bertz CT molecular complexity index is 1040. The summed E-state index contributed by atoms with van der Waals surface area (Å²) >= 11 is 0. The monoisotopic (exact) mass is 315 g/mol. The van der Waals surface area contributed by atoms with Gasteiger partial charge in [-0.1, -0.05) is 12.1 Å². The van der Waals surface area contributed by atoms with Crippen molar-refractivity contribution in [3.63, 3.8) is 0 Å². The van der Waals surface area contributed by atoms with Crippen molar-refractivity contribution in [1.82, 2.24) is 19.6 Å². The van der Waals surface area contributed by atoms with Crippen LogP contribution in [0.3, 0.4) is 0 Å². The van der Waals surface area contributed by atoms with Gasteiger partial charge in [0.2, 0.25) is 11.8 Å². The number of hydrogen-bond donors (Lipinski definition) is 0. The van der Waals surface area contributed by atoms with E-state index in [-0.39, 0.29) is 0 Å². The van der Waals surface area contributed by atoms with Gasteiger partial charge in [-0.2, -0.15) is 5.26 Å². The Kier molecular flexibility index (Phi) is 3.52. The van der Waals surface area contributed by atoms with Crippen LogP contribution in [0, 0.1) is 11.3 Å². The Morgan fingerprint density at radius 1 is 1.12 bits per heavy atom. The fourth-order valence-electron chi connectivity index (χ4n) is 2.57. The lowest BCUT2D eigenvalue weighted by Crippen LogP contribution is -1.92. The fourth-order valence-corrected chi connectivity index (χ4v) is 2.57. The van der Waals surface area contributed by atoms with Gasteiger partial charge < -0.3 is 8.82 Å². The highest BCUT2D eigenvalue weighted by Gasteiger charge is 2.10. The minimum absolute atomic E-state index is 0.492. The normalized spacial score (nSPS) is 10.8. The zero-order valence-corrected chi connectivity index (χ0v) is 12.8. The number of fused-ring (bicyclic) bond motifs is 1. The van der Waals surface area contributed by atoms with Crippen LogP contribution >= 0.6 is 0 Å². The average molecular weight is 315 g/mol. The molecule has 3 heterocycles. The summed E-state index contributed by atoms with van der Waals surface area (Å²) in [4.78, 5) is 4.21. The molecule has 0 saturated carbocycles. The lowest BCUT2D eigenvalue weighted by atomic mass is 10.1. The third kappa shape index (κ3) is 2.75. The molecule has 24 heavy (non-hydrogen) atoms. The molecule has 4 aromatic rings. The van der Waals surface area contributed by atoms with Gasteiger partial charge in [0.25, 0.3) is 0 Å². The Morgan fingerprint density at radius 2 is 2.08 bits per heavy atom. The lowest BCUT2D eigenvalue weighted by molar-refractivity contribution is 0.504. The van der Waals surface area contributed by atoms with E-state index in [9.17, 15) is 0 Å². The Morgan fingerprint density at radius 3 is 3.00 bits per heavy atom. The third-order valence-corrected chi connectivity index (χ3v) is 3.79. The van der Waals surface area contributed by atoms with Crippen molar-refractivity contribution in [2.24, 2.45) is 0 Å². The molecule has 0 radical (unpaired) electrons. The summed E-state index contributed by atoms with van der Waals surface area (Å²) in [7, 11) is 0. The number of nitriles is 1. The molecule has 0 spiro atoms. The van der Waals surface area contributed by atoms with Gasteiger partial charge >= 0.3 is 0 Å². The molecule has 0 amide bonds. The van der Waals surface area contributed by atoms with Gasteiger partial charge in [0.05, 0.1) is 17.2 Å². The highest BCUT2D eigenvalue weighted by Crippen LogP contribution is 2.19. The Labute approximate surface area is 138 Å². The third-order valence-electron chi connectivity index (χ3n) is 3.79. The van der Waals surface area contributed by atoms with E-state index in [1.807, 2.05) is 47.1 Å². The van der Waals surface area contributed by atoms with Gasteiger partial charge in [-0.05, 0) is 36.2 Å². The molecule has 0 unspecified atom stereocenters. The smallest absolute Gasteiger partial charge is 0.249 e. The van der Waals surface area contributed by atoms with Crippen LogP contribution in [0.2, 0.25) is 0 Å². The number of imidazole rings is 1. The maximum Gasteiger partial charge on any atom is 0.249 e. The molecule has 0 saturated heterocycles. The highest BCUT2D eigenvalue weighted by molar-refractivity contribution is 5.55. The molecule has 6 nitrogen and oxygen atoms in total. The second-order valence-corrected chi connectivity index (χ2v) is 5.42. The summed E-state index contributed by atoms with van der Waals surface area (Å²) in [5, 5.41) is 17.2. The van der Waals surface area contributed by atoms with Crippen LogP contribution in [0.4, 0.5) is 0 Å². The first-order valence-corrected chi connectivity index (χ1v) is 7.56. The van der Waals surface area contributed by atoms with Crippen LogP contribution in [0.25, 0.3) is 17.1 Å². The summed E-state index contributed by atoms with van der Waals surface area (Å²) < 4.78 is 7.66. The number of hydrogen-bond acceptors (Lipinski definition) is 5. The molecule has 116 valence electrons. The van der Waals surface area contributed by atoms with E-state index in [4.69, 9.17) is 9.68 Å². The van der Waals surface area contributed by atoms with E-state index < -0.39 is 0 Å². The van der Waals surface area contributed by atoms with E-state index in [2.05, 4.69) is 21.3 Å². The van der Waals surface area contributed by atoms with Crippen molar-refractivity contribution in [2.45, 2.75) is 12.8 Å². The minimum atomic E-state index is 0.492. The predicted molar refractivity (Wildman–Crippen MR) is 87.0 cm³/mol. The molecular formula is C18H13N5O. The summed E-state index contributed by atoms with van der Waals surface area (Å²) in [6.07, 6.45) is 6.91. The fraction of sp³-hybridized carbons (Fsp3) is 0.111. The first-order chi connectivity index (χ1) is 11.8. The molecule has 6 heteroatoms. The van der Waals surface area contributed by atoms with Crippen molar-refractivity contribution in [1.29, 1.82) is 5.26 Å². The molecule has 3 aromatic heterocycles. The van der Waals surface area contributed by atoms with Crippen molar-refractivity contribution in [2.75, 3.05) is 0 Å². The van der Waals surface area contributed by atoms with Gasteiger partial charge in [-0.15, -0.1) is 10.2 Å². The number of aromatic nitrogens is 4. The largest absolute Gasteiger partial charge is 0.421 e. The van der Waals surface area contributed by atoms with Crippen molar-refractivity contribution >= 4 is 5.65 Å².